The van der Waals surface area contributed by atoms with E-state index < -0.39 is 14.6 Å². The molecule has 1 saturated heterocycles. The summed E-state index contributed by atoms with van der Waals surface area (Å²) in [7, 11) is -2.98. The minimum absolute atomic E-state index is 0.0116. The van der Waals surface area contributed by atoms with Gasteiger partial charge in [0.15, 0.2) is 9.84 Å². The monoisotopic (exact) mass is 201 g/mol. The van der Waals surface area contributed by atoms with Crippen LogP contribution in [0.1, 0.15) is 27.2 Å². The third kappa shape index (κ3) is 1.46. The molecular formula is C9H15NO2S. The van der Waals surface area contributed by atoms with Crippen LogP contribution in [0.3, 0.4) is 0 Å². The molecule has 0 aliphatic carbocycles. The lowest BCUT2D eigenvalue weighted by Gasteiger charge is -2.27. The third-order valence-corrected chi connectivity index (χ3v) is 5.88. The first-order chi connectivity index (χ1) is 5.83. The first kappa shape index (κ1) is 10.5. The van der Waals surface area contributed by atoms with Crippen molar-refractivity contribution in [3.8, 4) is 6.07 Å². The Morgan fingerprint density at radius 1 is 1.54 bits per heavy atom. The van der Waals surface area contributed by atoms with Gasteiger partial charge in [0.05, 0.1) is 16.6 Å². The molecule has 0 aromatic carbocycles. The summed E-state index contributed by atoms with van der Waals surface area (Å²) < 4.78 is 22.5. The summed E-state index contributed by atoms with van der Waals surface area (Å²) in [6, 6.07) is 2.14. The Balaban J connectivity index is 3.04. The van der Waals surface area contributed by atoms with Crippen molar-refractivity contribution >= 4 is 9.84 Å². The highest BCUT2D eigenvalue weighted by Gasteiger charge is 2.49. The van der Waals surface area contributed by atoms with E-state index in [9.17, 15) is 8.42 Å². The Labute approximate surface area is 79.7 Å². The number of rotatable bonds is 1. The van der Waals surface area contributed by atoms with Crippen LogP contribution in [-0.2, 0) is 9.84 Å². The maximum atomic E-state index is 11.6. The molecule has 4 heteroatoms. The molecule has 0 amide bonds. The van der Waals surface area contributed by atoms with Crippen LogP contribution in [0.25, 0.3) is 0 Å². The topological polar surface area (TPSA) is 57.9 Å². The molecule has 1 aliphatic heterocycles. The molecule has 1 heterocycles. The van der Waals surface area contributed by atoms with Crippen molar-refractivity contribution in [2.45, 2.75) is 31.9 Å². The molecule has 0 spiro atoms. The van der Waals surface area contributed by atoms with E-state index >= 15 is 0 Å². The molecule has 0 radical (unpaired) electrons. The van der Waals surface area contributed by atoms with E-state index in [-0.39, 0.29) is 17.6 Å². The van der Waals surface area contributed by atoms with Crippen LogP contribution in [0, 0.1) is 23.2 Å². The number of nitriles is 1. The number of nitrogens with zero attached hydrogens (tertiary/aromatic N) is 1. The molecule has 0 N–H and O–H groups in total. The fraction of sp³-hybridized carbons (Fsp3) is 0.889. The summed E-state index contributed by atoms with van der Waals surface area (Å²) in [4.78, 5) is 0. The molecule has 1 fully saturated rings. The van der Waals surface area contributed by atoms with E-state index in [1.807, 2.05) is 0 Å². The molecular weight excluding hydrogens is 186 g/mol. The lowest BCUT2D eigenvalue weighted by molar-refractivity contribution is 0.351. The molecule has 0 bridgehead atoms. The predicted octanol–water partition coefficient (Wildman–Crippen LogP) is 1.36. The third-order valence-electron chi connectivity index (χ3n) is 3.20. The Morgan fingerprint density at radius 2 is 2.08 bits per heavy atom. The maximum absolute atomic E-state index is 11.6. The van der Waals surface area contributed by atoms with Gasteiger partial charge in [-0.1, -0.05) is 0 Å². The molecule has 0 aromatic rings. The van der Waals surface area contributed by atoms with Crippen LogP contribution in [0.5, 0.6) is 0 Å². The quantitative estimate of drug-likeness (QED) is 0.643. The molecule has 1 aliphatic rings. The fourth-order valence-electron chi connectivity index (χ4n) is 2.07. The van der Waals surface area contributed by atoms with Crippen molar-refractivity contribution in [3.05, 3.63) is 0 Å². The van der Waals surface area contributed by atoms with Crippen LogP contribution in [0.15, 0.2) is 0 Å². The predicted molar refractivity (Wildman–Crippen MR) is 50.7 cm³/mol. The number of hydrogen-bond donors (Lipinski definition) is 0. The van der Waals surface area contributed by atoms with Gasteiger partial charge in [-0.05, 0) is 33.1 Å². The highest BCUT2D eigenvalue weighted by Crippen LogP contribution is 2.41. The average Bonchev–Trinajstić information content (AvgIpc) is 2.22. The fourth-order valence-corrected chi connectivity index (χ4v) is 3.94. The van der Waals surface area contributed by atoms with Crippen molar-refractivity contribution in [2.24, 2.45) is 11.8 Å². The molecule has 2 atom stereocenters. The molecule has 13 heavy (non-hydrogen) atoms. The lowest BCUT2D eigenvalue weighted by atomic mass is 9.83. The minimum atomic E-state index is -2.98. The first-order valence-corrected chi connectivity index (χ1v) is 6.10. The van der Waals surface area contributed by atoms with Crippen LogP contribution in [0.4, 0.5) is 0 Å². The maximum Gasteiger partial charge on any atom is 0.155 e. The largest absolute Gasteiger partial charge is 0.228 e. The summed E-state index contributed by atoms with van der Waals surface area (Å²) in [6.45, 7) is 5.26. The van der Waals surface area contributed by atoms with Gasteiger partial charge in [0, 0.05) is 5.92 Å². The van der Waals surface area contributed by atoms with Gasteiger partial charge in [-0.25, -0.2) is 8.42 Å². The van der Waals surface area contributed by atoms with E-state index in [4.69, 9.17) is 5.26 Å². The van der Waals surface area contributed by atoms with Crippen molar-refractivity contribution in [3.63, 3.8) is 0 Å². The lowest BCUT2D eigenvalue weighted by Crippen LogP contribution is -2.36. The highest BCUT2D eigenvalue weighted by atomic mass is 32.2. The molecule has 0 aromatic heterocycles. The molecule has 74 valence electrons. The summed E-state index contributed by atoms with van der Waals surface area (Å²) in [5.41, 5.74) is 0. The minimum Gasteiger partial charge on any atom is -0.228 e. The smallest absolute Gasteiger partial charge is 0.155 e. The summed E-state index contributed by atoms with van der Waals surface area (Å²) >= 11 is 0. The van der Waals surface area contributed by atoms with Gasteiger partial charge in [0.25, 0.3) is 0 Å². The number of hydrogen-bond acceptors (Lipinski definition) is 3. The Morgan fingerprint density at radius 3 is 2.38 bits per heavy atom. The summed E-state index contributed by atoms with van der Waals surface area (Å²) in [5, 5.41) is 8.75. The Kier molecular flexibility index (Phi) is 2.42. The van der Waals surface area contributed by atoms with Gasteiger partial charge in [0.1, 0.15) is 0 Å². The van der Waals surface area contributed by atoms with Crippen LogP contribution < -0.4 is 0 Å². The normalized spacial score (nSPS) is 32.3. The first-order valence-electron chi connectivity index (χ1n) is 4.45. The Hall–Kier alpha value is -0.560. The average molecular weight is 201 g/mol. The SMILES string of the molecule is CC(C#N)C1CCS(=O)(=O)C1(C)C. The summed E-state index contributed by atoms with van der Waals surface area (Å²) in [6.07, 6.45) is 0.629. The van der Waals surface area contributed by atoms with Crippen LogP contribution in [0.2, 0.25) is 0 Å². The van der Waals surface area contributed by atoms with E-state index in [0.29, 0.717) is 6.42 Å². The van der Waals surface area contributed by atoms with Gasteiger partial charge in [-0.2, -0.15) is 5.26 Å². The molecule has 0 saturated carbocycles. The van der Waals surface area contributed by atoms with Gasteiger partial charge >= 0.3 is 0 Å². The van der Waals surface area contributed by atoms with E-state index in [1.54, 1.807) is 20.8 Å². The van der Waals surface area contributed by atoms with E-state index in [1.165, 1.54) is 0 Å². The highest BCUT2D eigenvalue weighted by molar-refractivity contribution is 7.93. The van der Waals surface area contributed by atoms with E-state index in [2.05, 4.69) is 6.07 Å². The van der Waals surface area contributed by atoms with Crippen LogP contribution in [-0.4, -0.2) is 18.9 Å². The zero-order valence-corrected chi connectivity index (χ0v) is 9.06. The Bertz CT molecular complexity index is 337. The van der Waals surface area contributed by atoms with Crippen molar-refractivity contribution in [1.29, 1.82) is 5.26 Å². The second-order valence-electron chi connectivity index (χ2n) is 4.24. The molecule has 1 rings (SSSR count). The van der Waals surface area contributed by atoms with Gasteiger partial charge in [-0.15, -0.1) is 0 Å². The van der Waals surface area contributed by atoms with Gasteiger partial charge in [-0.3, -0.25) is 0 Å². The summed E-state index contributed by atoms with van der Waals surface area (Å²) in [5.74, 6) is 0.0474. The second kappa shape index (κ2) is 2.98. The van der Waals surface area contributed by atoms with Crippen molar-refractivity contribution in [1.82, 2.24) is 0 Å². The molecule has 2 unspecified atom stereocenters. The standard InChI is InChI=1S/C9H15NO2S/c1-7(6-10)8-4-5-13(11,12)9(8,2)3/h7-8H,4-5H2,1-3H3. The zero-order chi connectivity index (χ0) is 10.3. The number of sulfone groups is 1. The van der Waals surface area contributed by atoms with Gasteiger partial charge in [0.2, 0.25) is 0 Å². The van der Waals surface area contributed by atoms with Crippen molar-refractivity contribution < 1.29 is 8.42 Å². The second-order valence-corrected chi connectivity index (χ2v) is 6.93. The van der Waals surface area contributed by atoms with Crippen molar-refractivity contribution in [2.75, 3.05) is 5.75 Å². The van der Waals surface area contributed by atoms with Crippen LogP contribution >= 0.6 is 0 Å². The molecule has 3 nitrogen and oxygen atoms in total. The van der Waals surface area contributed by atoms with Gasteiger partial charge < -0.3 is 0 Å². The van der Waals surface area contributed by atoms with E-state index in [0.717, 1.165) is 0 Å². The zero-order valence-electron chi connectivity index (χ0n) is 8.24.